The zero-order chi connectivity index (χ0) is 10.9. The Morgan fingerprint density at radius 2 is 1.60 bits per heavy atom. The van der Waals surface area contributed by atoms with Gasteiger partial charge in [-0.3, -0.25) is 0 Å². The summed E-state index contributed by atoms with van der Waals surface area (Å²) in [5.74, 6) is -0.528. The van der Waals surface area contributed by atoms with E-state index in [-0.39, 0.29) is 12.2 Å². The van der Waals surface area contributed by atoms with Gasteiger partial charge in [-0.2, -0.15) is 0 Å². The smallest absolute Gasteiger partial charge is 0.195 e. The lowest BCUT2D eigenvalue weighted by molar-refractivity contribution is -0.183. The van der Waals surface area contributed by atoms with Crippen LogP contribution >= 0.6 is 0 Å². The largest absolute Gasteiger partial charge is 0.340 e. The van der Waals surface area contributed by atoms with E-state index in [2.05, 4.69) is 32.9 Å². The fourth-order valence-electron chi connectivity index (χ4n) is 2.02. The number of rotatable bonds is 2. The van der Waals surface area contributed by atoms with Gasteiger partial charge < -0.3 is 9.47 Å². The molecule has 2 heteroatoms. The second-order valence-electron chi connectivity index (χ2n) is 4.12. The molecule has 1 aromatic rings. The summed E-state index contributed by atoms with van der Waals surface area (Å²) in [5.41, 5.74) is 1.11. The Kier molecular flexibility index (Phi) is 2.81. The van der Waals surface area contributed by atoms with Crippen molar-refractivity contribution < 1.29 is 9.47 Å². The average Bonchev–Trinajstić information content (AvgIpc) is 2.57. The molecule has 82 valence electrons. The Bertz CT molecular complexity index is 311. The molecule has 0 saturated carbocycles. The molecule has 1 aromatic carbocycles. The highest BCUT2D eigenvalue weighted by molar-refractivity contribution is 5.21. The van der Waals surface area contributed by atoms with Crippen molar-refractivity contribution in [1.82, 2.24) is 0 Å². The van der Waals surface area contributed by atoms with Gasteiger partial charge in [-0.15, -0.1) is 0 Å². The maximum absolute atomic E-state index is 5.97. The Morgan fingerprint density at radius 1 is 1.07 bits per heavy atom. The van der Waals surface area contributed by atoms with Gasteiger partial charge >= 0.3 is 0 Å². The summed E-state index contributed by atoms with van der Waals surface area (Å²) in [6, 6.07) is 10.2. The molecule has 1 heterocycles. The number of hydrogen-bond donors (Lipinski definition) is 0. The molecule has 2 nitrogen and oxygen atoms in total. The lowest BCUT2D eigenvalue weighted by Crippen LogP contribution is -2.26. The molecule has 2 atom stereocenters. The molecule has 0 aliphatic carbocycles. The van der Waals surface area contributed by atoms with Crippen LogP contribution in [-0.2, 0) is 15.3 Å². The van der Waals surface area contributed by atoms with E-state index >= 15 is 0 Å². The van der Waals surface area contributed by atoms with Crippen molar-refractivity contribution in [2.75, 3.05) is 0 Å². The van der Waals surface area contributed by atoms with Crippen molar-refractivity contribution in [2.24, 2.45) is 0 Å². The summed E-state index contributed by atoms with van der Waals surface area (Å²) in [4.78, 5) is 0. The van der Waals surface area contributed by atoms with E-state index in [0.717, 1.165) is 12.0 Å². The van der Waals surface area contributed by atoms with Crippen molar-refractivity contribution in [3.63, 3.8) is 0 Å². The summed E-state index contributed by atoms with van der Waals surface area (Å²) in [7, 11) is 0. The van der Waals surface area contributed by atoms with Gasteiger partial charge in [0, 0.05) is 12.0 Å². The molecule has 15 heavy (non-hydrogen) atoms. The maximum Gasteiger partial charge on any atom is 0.195 e. The fourth-order valence-corrected chi connectivity index (χ4v) is 2.02. The van der Waals surface area contributed by atoms with E-state index in [9.17, 15) is 0 Å². The molecule has 1 aliphatic rings. The zero-order valence-electron chi connectivity index (χ0n) is 9.57. The molecule has 0 unspecified atom stereocenters. The second kappa shape index (κ2) is 3.95. The van der Waals surface area contributed by atoms with Gasteiger partial charge in [0.2, 0.25) is 0 Å². The van der Waals surface area contributed by atoms with Crippen molar-refractivity contribution in [2.45, 2.75) is 45.2 Å². The van der Waals surface area contributed by atoms with Gasteiger partial charge in [0.05, 0.1) is 12.2 Å². The van der Waals surface area contributed by atoms with Crippen LogP contribution in [0.1, 0.15) is 32.8 Å². The van der Waals surface area contributed by atoms with Crippen LogP contribution in [0.25, 0.3) is 0 Å². The van der Waals surface area contributed by atoms with Gasteiger partial charge in [0.1, 0.15) is 0 Å². The van der Waals surface area contributed by atoms with Gasteiger partial charge in [-0.1, -0.05) is 37.3 Å². The van der Waals surface area contributed by atoms with Crippen molar-refractivity contribution in [3.05, 3.63) is 35.9 Å². The zero-order valence-corrected chi connectivity index (χ0v) is 9.57. The van der Waals surface area contributed by atoms with Crippen LogP contribution in [0, 0.1) is 0 Å². The standard InChI is InChI=1S/C13H18O2/c1-4-13(12-8-6-5-7-9-12)14-10(2)11(3)15-13/h5-11H,4H2,1-3H3/t10-,11-/m0/s1. The van der Waals surface area contributed by atoms with Crippen LogP contribution in [0.15, 0.2) is 30.3 Å². The highest BCUT2D eigenvalue weighted by Crippen LogP contribution is 2.39. The highest BCUT2D eigenvalue weighted by atomic mass is 16.8. The first-order valence-electron chi connectivity index (χ1n) is 5.59. The van der Waals surface area contributed by atoms with Crippen molar-refractivity contribution in [1.29, 1.82) is 0 Å². The molecule has 0 N–H and O–H groups in total. The Labute approximate surface area is 91.2 Å². The summed E-state index contributed by atoms with van der Waals surface area (Å²) < 4.78 is 11.9. The third-order valence-electron chi connectivity index (χ3n) is 3.09. The van der Waals surface area contributed by atoms with Gasteiger partial charge in [-0.25, -0.2) is 0 Å². The minimum absolute atomic E-state index is 0.158. The predicted molar refractivity (Wildman–Crippen MR) is 59.5 cm³/mol. The molecule has 0 spiro atoms. The Hall–Kier alpha value is -0.860. The van der Waals surface area contributed by atoms with Crippen LogP contribution in [-0.4, -0.2) is 12.2 Å². The summed E-state index contributed by atoms with van der Waals surface area (Å²) in [6.45, 7) is 6.22. The third-order valence-corrected chi connectivity index (χ3v) is 3.09. The summed E-state index contributed by atoms with van der Waals surface area (Å²) in [5, 5.41) is 0. The molecule has 2 rings (SSSR count). The average molecular weight is 206 g/mol. The number of benzene rings is 1. The van der Waals surface area contributed by atoms with Crippen LogP contribution in [0.2, 0.25) is 0 Å². The van der Waals surface area contributed by atoms with E-state index in [1.54, 1.807) is 0 Å². The van der Waals surface area contributed by atoms with Crippen LogP contribution in [0.5, 0.6) is 0 Å². The lowest BCUT2D eigenvalue weighted by Gasteiger charge is -2.27. The topological polar surface area (TPSA) is 18.5 Å². The molecule has 0 amide bonds. The highest BCUT2D eigenvalue weighted by Gasteiger charge is 2.43. The fraction of sp³-hybridized carbons (Fsp3) is 0.538. The second-order valence-corrected chi connectivity index (χ2v) is 4.12. The maximum atomic E-state index is 5.97. The molecular weight excluding hydrogens is 188 g/mol. The summed E-state index contributed by atoms with van der Waals surface area (Å²) in [6.07, 6.45) is 1.15. The first-order chi connectivity index (χ1) is 7.18. The normalized spacial score (nSPS) is 29.3. The van der Waals surface area contributed by atoms with Crippen LogP contribution in [0.4, 0.5) is 0 Å². The van der Waals surface area contributed by atoms with Gasteiger partial charge in [0.25, 0.3) is 0 Å². The molecule has 0 radical (unpaired) electrons. The molecule has 1 aliphatic heterocycles. The number of hydrogen-bond acceptors (Lipinski definition) is 2. The van der Waals surface area contributed by atoms with E-state index in [0.29, 0.717) is 0 Å². The molecule has 0 aromatic heterocycles. The first-order valence-corrected chi connectivity index (χ1v) is 5.59. The minimum Gasteiger partial charge on any atom is -0.340 e. The van der Waals surface area contributed by atoms with Gasteiger partial charge in [0.15, 0.2) is 5.79 Å². The molecule has 0 bridgehead atoms. The van der Waals surface area contributed by atoms with E-state index < -0.39 is 5.79 Å². The van der Waals surface area contributed by atoms with E-state index in [1.165, 1.54) is 0 Å². The molecule has 1 fully saturated rings. The van der Waals surface area contributed by atoms with Crippen molar-refractivity contribution in [3.8, 4) is 0 Å². The van der Waals surface area contributed by atoms with Gasteiger partial charge in [-0.05, 0) is 13.8 Å². The van der Waals surface area contributed by atoms with E-state index in [4.69, 9.17) is 9.47 Å². The lowest BCUT2D eigenvalue weighted by atomic mass is 10.0. The monoisotopic (exact) mass is 206 g/mol. The number of ether oxygens (including phenoxy) is 2. The van der Waals surface area contributed by atoms with Crippen molar-refractivity contribution >= 4 is 0 Å². The van der Waals surface area contributed by atoms with E-state index in [1.807, 2.05) is 18.2 Å². The Balaban J connectivity index is 2.32. The van der Waals surface area contributed by atoms with Crippen LogP contribution in [0.3, 0.4) is 0 Å². The minimum atomic E-state index is -0.528. The molecule has 1 saturated heterocycles. The quantitative estimate of drug-likeness (QED) is 0.740. The first kappa shape index (κ1) is 10.7. The predicted octanol–water partition coefficient (Wildman–Crippen LogP) is 3.07. The van der Waals surface area contributed by atoms with Crippen LogP contribution < -0.4 is 0 Å². The third kappa shape index (κ3) is 1.80. The molecular formula is C13H18O2. The summed E-state index contributed by atoms with van der Waals surface area (Å²) >= 11 is 0. The SMILES string of the molecule is CCC1(c2ccccc2)O[C@@H](C)[C@H](C)O1. The Morgan fingerprint density at radius 3 is 2.07 bits per heavy atom.